The SMILES string of the molecule is CCCN(CCC)C(=O)CSc1nnc(-c2ccncc2)n1-c1cccc(C)c1. The van der Waals surface area contributed by atoms with Crippen LogP contribution in [0.2, 0.25) is 0 Å². The Hall–Kier alpha value is -2.67. The molecule has 3 aromatic rings. The van der Waals surface area contributed by atoms with E-state index in [1.54, 1.807) is 12.4 Å². The molecule has 3 rings (SSSR count). The summed E-state index contributed by atoms with van der Waals surface area (Å²) < 4.78 is 2.02. The van der Waals surface area contributed by atoms with Crippen molar-refractivity contribution in [3.8, 4) is 17.1 Å². The predicted molar refractivity (Wildman–Crippen MR) is 117 cm³/mol. The first-order valence-electron chi connectivity index (χ1n) is 9.97. The van der Waals surface area contributed by atoms with Crippen LogP contribution in [0, 0.1) is 6.92 Å². The summed E-state index contributed by atoms with van der Waals surface area (Å²) in [6, 6.07) is 12.0. The molecular formula is C22H27N5OS. The summed E-state index contributed by atoms with van der Waals surface area (Å²) in [5.41, 5.74) is 3.07. The van der Waals surface area contributed by atoms with Gasteiger partial charge in [0.25, 0.3) is 0 Å². The number of hydrogen-bond donors (Lipinski definition) is 0. The molecular weight excluding hydrogens is 382 g/mol. The number of carbonyl (C=O) groups is 1. The molecule has 6 nitrogen and oxygen atoms in total. The lowest BCUT2D eigenvalue weighted by Crippen LogP contribution is -2.33. The third kappa shape index (κ3) is 5.23. The van der Waals surface area contributed by atoms with Crippen molar-refractivity contribution in [2.75, 3.05) is 18.8 Å². The maximum Gasteiger partial charge on any atom is 0.233 e. The van der Waals surface area contributed by atoms with Gasteiger partial charge in [0.15, 0.2) is 11.0 Å². The fourth-order valence-electron chi connectivity index (χ4n) is 3.17. The Morgan fingerprint density at radius 3 is 2.45 bits per heavy atom. The highest BCUT2D eigenvalue weighted by Crippen LogP contribution is 2.28. The van der Waals surface area contributed by atoms with Crippen molar-refractivity contribution in [3.63, 3.8) is 0 Å². The molecule has 29 heavy (non-hydrogen) atoms. The summed E-state index contributed by atoms with van der Waals surface area (Å²) in [4.78, 5) is 18.7. The van der Waals surface area contributed by atoms with Crippen molar-refractivity contribution < 1.29 is 4.79 Å². The van der Waals surface area contributed by atoms with Crippen LogP contribution in [0.1, 0.15) is 32.3 Å². The number of aryl methyl sites for hydroxylation is 1. The minimum atomic E-state index is 0.142. The Morgan fingerprint density at radius 1 is 1.07 bits per heavy atom. The summed E-state index contributed by atoms with van der Waals surface area (Å²) in [5, 5.41) is 9.55. The van der Waals surface area contributed by atoms with Crippen LogP contribution in [-0.4, -0.2) is 49.4 Å². The standard InChI is InChI=1S/C22H27N5OS/c1-4-13-26(14-5-2)20(28)16-29-22-25-24-21(18-9-11-23-12-10-18)27(22)19-8-6-7-17(3)15-19/h6-12,15H,4-5,13-14,16H2,1-3H3. The smallest absolute Gasteiger partial charge is 0.233 e. The highest BCUT2D eigenvalue weighted by atomic mass is 32.2. The summed E-state index contributed by atoms with van der Waals surface area (Å²) in [5.74, 6) is 1.23. The molecule has 7 heteroatoms. The fraction of sp³-hybridized carbons (Fsp3) is 0.364. The number of aromatic nitrogens is 4. The summed E-state index contributed by atoms with van der Waals surface area (Å²) in [6.07, 6.45) is 5.41. The van der Waals surface area contributed by atoms with Crippen molar-refractivity contribution in [2.45, 2.75) is 38.8 Å². The van der Waals surface area contributed by atoms with E-state index in [0.717, 1.165) is 48.6 Å². The number of nitrogens with zero attached hydrogens (tertiary/aromatic N) is 5. The average molecular weight is 410 g/mol. The van der Waals surface area contributed by atoms with Crippen LogP contribution in [0.4, 0.5) is 0 Å². The monoisotopic (exact) mass is 409 g/mol. The van der Waals surface area contributed by atoms with Gasteiger partial charge in [-0.1, -0.05) is 37.7 Å². The molecule has 0 saturated carbocycles. The molecule has 0 aliphatic carbocycles. The normalized spacial score (nSPS) is 10.9. The zero-order chi connectivity index (χ0) is 20.6. The van der Waals surface area contributed by atoms with Crippen LogP contribution in [0.5, 0.6) is 0 Å². The van der Waals surface area contributed by atoms with Gasteiger partial charge in [-0.05, 0) is 49.6 Å². The van der Waals surface area contributed by atoms with Crippen molar-refractivity contribution >= 4 is 17.7 Å². The summed E-state index contributed by atoms with van der Waals surface area (Å²) in [6.45, 7) is 7.83. The van der Waals surface area contributed by atoms with Gasteiger partial charge in [-0.3, -0.25) is 14.3 Å². The molecule has 152 valence electrons. The van der Waals surface area contributed by atoms with Gasteiger partial charge < -0.3 is 4.90 Å². The van der Waals surface area contributed by atoms with E-state index in [-0.39, 0.29) is 5.91 Å². The largest absolute Gasteiger partial charge is 0.342 e. The molecule has 0 saturated heterocycles. The van der Waals surface area contributed by atoms with Crippen molar-refractivity contribution in [2.24, 2.45) is 0 Å². The molecule has 1 amide bonds. The summed E-state index contributed by atoms with van der Waals surface area (Å²) >= 11 is 1.43. The Kier molecular flexibility index (Phi) is 7.41. The molecule has 0 spiro atoms. The molecule has 0 bridgehead atoms. The molecule has 0 aliphatic heterocycles. The van der Waals surface area contributed by atoms with Gasteiger partial charge in [-0.2, -0.15) is 0 Å². The third-order valence-corrected chi connectivity index (χ3v) is 5.41. The van der Waals surface area contributed by atoms with Crippen LogP contribution < -0.4 is 0 Å². The lowest BCUT2D eigenvalue weighted by atomic mass is 10.2. The van der Waals surface area contributed by atoms with Crippen LogP contribution in [0.15, 0.2) is 53.9 Å². The van der Waals surface area contributed by atoms with Crippen molar-refractivity contribution in [1.82, 2.24) is 24.6 Å². The highest BCUT2D eigenvalue weighted by molar-refractivity contribution is 7.99. The molecule has 1 aromatic carbocycles. The predicted octanol–water partition coefficient (Wildman–Crippen LogP) is 4.38. The van der Waals surface area contributed by atoms with Gasteiger partial charge in [-0.25, -0.2) is 0 Å². The topological polar surface area (TPSA) is 63.9 Å². The van der Waals surface area contributed by atoms with E-state index in [1.807, 2.05) is 33.7 Å². The number of thioether (sulfide) groups is 1. The second-order valence-corrected chi connectivity index (χ2v) is 7.83. The molecule has 0 radical (unpaired) electrons. The second-order valence-electron chi connectivity index (χ2n) is 6.89. The van der Waals surface area contributed by atoms with Crippen LogP contribution >= 0.6 is 11.8 Å². The van der Waals surface area contributed by atoms with Crippen LogP contribution in [0.3, 0.4) is 0 Å². The first-order chi connectivity index (χ1) is 14.1. The number of carbonyl (C=O) groups excluding carboxylic acids is 1. The Labute approximate surface area is 176 Å². The van der Waals surface area contributed by atoms with Gasteiger partial charge in [0.2, 0.25) is 5.91 Å². The van der Waals surface area contributed by atoms with E-state index < -0.39 is 0 Å². The van der Waals surface area contributed by atoms with E-state index in [0.29, 0.717) is 10.9 Å². The lowest BCUT2D eigenvalue weighted by molar-refractivity contribution is -0.128. The van der Waals surface area contributed by atoms with Crippen LogP contribution in [-0.2, 0) is 4.79 Å². The maximum atomic E-state index is 12.7. The molecule has 0 N–H and O–H groups in total. The minimum absolute atomic E-state index is 0.142. The first-order valence-corrected chi connectivity index (χ1v) is 11.0. The fourth-order valence-corrected chi connectivity index (χ4v) is 4.02. The molecule has 0 fully saturated rings. The maximum absolute atomic E-state index is 12.7. The zero-order valence-electron chi connectivity index (χ0n) is 17.2. The average Bonchev–Trinajstić information content (AvgIpc) is 3.16. The van der Waals surface area contributed by atoms with Gasteiger partial charge >= 0.3 is 0 Å². The van der Waals surface area contributed by atoms with E-state index >= 15 is 0 Å². The zero-order valence-corrected chi connectivity index (χ0v) is 18.0. The van der Waals surface area contributed by atoms with Gasteiger partial charge in [0.1, 0.15) is 0 Å². The van der Waals surface area contributed by atoms with Crippen molar-refractivity contribution in [1.29, 1.82) is 0 Å². The van der Waals surface area contributed by atoms with Crippen LogP contribution in [0.25, 0.3) is 17.1 Å². The van der Waals surface area contributed by atoms with E-state index in [9.17, 15) is 4.79 Å². The molecule has 2 aromatic heterocycles. The molecule has 0 aliphatic rings. The molecule has 0 atom stereocenters. The number of amides is 1. The Morgan fingerprint density at radius 2 is 1.79 bits per heavy atom. The van der Waals surface area contributed by atoms with E-state index in [1.165, 1.54) is 11.8 Å². The molecule has 0 unspecified atom stereocenters. The van der Waals surface area contributed by atoms with Crippen molar-refractivity contribution in [3.05, 3.63) is 54.4 Å². The second kappa shape index (κ2) is 10.2. The number of hydrogen-bond acceptors (Lipinski definition) is 5. The van der Waals surface area contributed by atoms with E-state index in [4.69, 9.17) is 0 Å². The lowest BCUT2D eigenvalue weighted by Gasteiger charge is -2.21. The quantitative estimate of drug-likeness (QED) is 0.491. The van der Waals surface area contributed by atoms with Gasteiger partial charge in [0.05, 0.1) is 5.75 Å². The third-order valence-electron chi connectivity index (χ3n) is 4.50. The number of benzene rings is 1. The summed E-state index contributed by atoms with van der Waals surface area (Å²) in [7, 11) is 0. The number of pyridine rings is 1. The first kappa shape index (κ1) is 21.0. The molecule has 2 heterocycles. The van der Waals surface area contributed by atoms with Gasteiger partial charge in [0, 0.05) is 36.7 Å². The minimum Gasteiger partial charge on any atom is -0.342 e. The highest BCUT2D eigenvalue weighted by Gasteiger charge is 2.19. The Balaban J connectivity index is 1.91. The number of rotatable bonds is 9. The Bertz CT molecular complexity index is 935. The van der Waals surface area contributed by atoms with Gasteiger partial charge in [-0.15, -0.1) is 10.2 Å². The van der Waals surface area contributed by atoms with E-state index in [2.05, 4.69) is 48.1 Å².